The molecule has 44 heavy (non-hydrogen) atoms. The zero-order valence-corrected chi connectivity index (χ0v) is 26.3. The summed E-state index contributed by atoms with van der Waals surface area (Å²) in [6, 6.07) is 19.9. The van der Waals surface area contributed by atoms with Gasteiger partial charge in [-0.25, -0.2) is 9.97 Å². The van der Waals surface area contributed by atoms with E-state index in [1.165, 1.54) is 0 Å². The van der Waals surface area contributed by atoms with Crippen molar-refractivity contribution < 1.29 is 23.7 Å². The topological polar surface area (TPSA) is 105 Å². The number of nitrogens with zero attached hydrogens (tertiary/aromatic N) is 3. The molecule has 2 heterocycles. The maximum absolute atomic E-state index is 12.2. The predicted octanol–water partition coefficient (Wildman–Crippen LogP) is 6.12. The quantitative estimate of drug-likeness (QED) is 0.136. The minimum absolute atomic E-state index is 0.0411. The Hall–Kier alpha value is -3.92. The number of pyridine rings is 1. The predicted molar refractivity (Wildman–Crippen MR) is 172 cm³/mol. The van der Waals surface area contributed by atoms with E-state index < -0.39 is 5.60 Å². The number of carbonyl (C=O) groups is 1. The fraction of sp³-hybridized carbons (Fsp3) is 0.429. The number of rotatable bonds is 18. The highest BCUT2D eigenvalue weighted by Gasteiger charge is 2.22. The lowest BCUT2D eigenvalue weighted by molar-refractivity contribution is -0.127. The summed E-state index contributed by atoms with van der Waals surface area (Å²) in [7, 11) is 0. The molecule has 2 aromatic heterocycles. The number of ether oxygens (including phenoxy) is 4. The van der Waals surface area contributed by atoms with Crippen molar-refractivity contribution in [1.29, 1.82) is 0 Å². The number of benzene rings is 2. The summed E-state index contributed by atoms with van der Waals surface area (Å²) in [5.74, 6) is 1.09. The fourth-order valence-corrected chi connectivity index (χ4v) is 4.50. The van der Waals surface area contributed by atoms with E-state index in [1.54, 1.807) is 12.4 Å². The zero-order valence-electron chi connectivity index (χ0n) is 26.3. The van der Waals surface area contributed by atoms with Gasteiger partial charge < -0.3 is 24.3 Å². The summed E-state index contributed by atoms with van der Waals surface area (Å²) in [6.07, 6.45) is 4.81. The standard InChI is InChI=1S/C35H44N4O5/c1-26(2)15-18-44-35(3,4)24-33(40)36-17-19-41-20-21-42-22-23-43-34-29(8-7-16-37-34)27-11-13-28(14-12-27)32-25-38-30-9-5-6-10-31(30)39-32/h5-14,16,25-26H,15,17-24H2,1-4H3,(H,36,40). The molecule has 0 saturated carbocycles. The van der Waals surface area contributed by atoms with Crippen LogP contribution in [0.3, 0.4) is 0 Å². The highest BCUT2D eigenvalue weighted by molar-refractivity contribution is 5.78. The molecule has 4 aromatic rings. The second-order valence-corrected chi connectivity index (χ2v) is 11.6. The van der Waals surface area contributed by atoms with Gasteiger partial charge in [0, 0.05) is 30.5 Å². The van der Waals surface area contributed by atoms with Crippen molar-refractivity contribution >= 4 is 16.9 Å². The van der Waals surface area contributed by atoms with Crippen LogP contribution < -0.4 is 10.1 Å². The van der Waals surface area contributed by atoms with Crippen molar-refractivity contribution in [3.8, 4) is 28.3 Å². The first-order valence-electron chi connectivity index (χ1n) is 15.3. The van der Waals surface area contributed by atoms with Gasteiger partial charge in [0.15, 0.2) is 0 Å². The molecular formula is C35H44N4O5. The van der Waals surface area contributed by atoms with Crippen molar-refractivity contribution in [3.63, 3.8) is 0 Å². The third-order valence-electron chi connectivity index (χ3n) is 6.89. The largest absolute Gasteiger partial charge is 0.475 e. The van der Waals surface area contributed by atoms with Crippen LogP contribution >= 0.6 is 0 Å². The monoisotopic (exact) mass is 600 g/mol. The second kappa shape index (κ2) is 16.8. The molecule has 4 rings (SSSR count). The minimum atomic E-state index is -0.482. The lowest BCUT2D eigenvalue weighted by atomic mass is 10.0. The van der Waals surface area contributed by atoms with Crippen LogP contribution in [0.1, 0.15) is 40.5 Å². The smallest absolute Gasteiger partial charge is 0.222 e. The van der Waals surface area contributed by atoms with Gasteiger partial charge in [-0.15, -0.1) is 0 Å². The van der Waals surface area contributed by atoms with Crippen LogP contribution in [0.25, 0.3) is 33.4 Å². The molecule has 0 unspecified atom stereocenters. The van der Waals surface area contributed by atoms with Crippen molar-refractivity contribution in [2.45, 2.75) is 46.1 Å². The van der Waals surface area contributed by atoms with Gasteiger partial charge >= 0.3 is 0 Å². The lowest BCUT2D eigenvalue weighted by Crippen LogP contribution is -2.36. The van der Waals surface area contributed by atoms with Crippen LogP contribution in [0.4, 0.5) is 0 Å². The summed E-state index contributed by atoms with van der Waals surface area (Å²) < 4.78 is 23.0. The molecule has 1 amide bonds. The van der Waals surface area contributed by atoms with Gasteiger partial charge in [0.05, 0.1) is 61.4 Å². The van der Waals surface area contributed by atoms with Crippen molar-refractivity contribution in [2.24, 2.45) is 5.92 Å². The minimum Gasteiger partial charge on any atom is -0.475 e. The first kappa shape index (κ1) is 33.0. The number of nitrogens with one attached hydrogen (secondary N) is 1. The summed E-state index contributed by atoms with van der Waals surface area (Å²) in [5.41, 5.74) is 4.97. The molecule has 0 fully saturated rings. The van der Waals surface area contributed by atoms with Gasteiger partial charge in [0.1, 0.15) is 6.61 Å². The van der Waals surface area contributed by atoms with E-state index in [1.807, 2.05) is 74.5 Å². The molecule has 0 aliphatic rings. The van der Waals surface area contributed by atoms with E-state index in [2.05, 4.69) is 29.1 Å². The molecule has 0 atom stereocenters. The molecular weight excluding hydrogens is 556 g/mol. The summed E-state index contributed by atoms with van der Waals surface area (Å²) >= 11 is 0. The van der Waals surface area contributed by atoms with E-state index in [4.69, 9.17) is 23.9 Å². The van der Waals surface area contributed by atoms with E-state index in [0.717, 1.165) is 39.8 Å². The number of carbonyl (C=O) groups excluding carboxylic acids is 1. The number of hydrogen-bond acceptors (Lipinski definition) is 8. The molecule has 2 aromatic carbocycles. The summed E-state index contributed by atoms with van der Waals surface area (Å²) in [6.45, 7) is 11.4. The Morgan fingerprint density at radius 1 is 0.818 bits per heavy atom. The van der Waals surface area contributed by atoms with Crippen LogP contribution in [-0.2, 0) is 19.0 Å². The summed E-state index contributed by atoms with van der Waals surface area (Å²) in [5, 5.41) is 2.89. The van der Waals surface area contributed by atoms with Gasteiger partial charge in [-0.05, 0) is 56.0 Å². The van der Waals surface area contributed by atoms with Crippen LogP contribution in [0, 0.1) is 5.92 Å². The summed E-state index contributed by atoms with van der Waals surface area (Å²) in [4.78, 5) is 25.9. The van der Waals surface area contributed by atoms with Gasteiger partial charge in [-0.2, -0.15) is 0 Å². The molecule has 234 valence electrons. The molecule has 0 radical (unpaired) electrons. The van der Waals surface area contributed by atoms with Gasteiger partial charge in [-0.1, -0.05) is 50.2 Å². The molecule has 1 N–H and O–H groups in total. The lowest BCUT2D eigenvalue weighted by Gasteiger charge is -2.25. The van der Waals surface area contributed by atoms with E-state index >= 15 is 0 Å². The Kier molecular flexibility index (Phi) is 12.6. The molecule has 9 heteroatoms. The number of amides is 1. The molecule has 0 aliphatic heterocycles. The molecule has 0 aliphatic carbocycles. The maximum atomic E-state index is 12.2. The second-order valence-electron chi connectivity index (χ2n) is 11.6. The maximum Gasteiger partial charge on any atom is 0.222 e. The molecule has 0 spiro atoms. The van der Waals surface area contributed by atoms with E-state index in [9.17, 15) is 4.79 Å². The third-order valence-corrected chi connectivity index (χ3v) is 6.89. The Labute approximate surface area is 260 Å². The highest BCUT2D eigenvalue weighted by Crippen LogP contribution is 2.30. The average molecular weight is 601 g/mol. The van der Waals surface area contributed by atoms with Crippen molar-refractivity contribution in [3.05, 3.63) is 73.1 Å². The Bertz CT molecular complexity index is 1460. The Balaban J connectivity index is 1.12. The van der Waals surface area contributed by atoms with Crippen molar-refractivity contribution in [1.82, 2.24) is 20.3 Å². The SMILES string of the molecule is CC(C)CCOC(C)(C)CC(=O)NCCOCCOCCOc1ncccc1-c1ccc(-c2cnc3ccccc3n2)cc1. The Morgan fingerprint density at radius 2 is 1.52 bits per heavy atom. The highest BCUT2D eigenvalue weighted by atomic mass is 16.5. The van der Waals surface area contributed by atoms with Crippen LogP contribution in [0.5, 0.6) is 5.88 Å². The third kappa shape index (κ3) is 10.7. The average Bonchev–Trinajstić information content (AvgIpc) is 3.01. The van der Waals surface area contributed by atoms with Gasteiger partial charge in [0.25, 0.3) is 0 Å². The molecule has 9 nitrogen and oxygen atoms in total. The molecule has 0 bridgehead atoms. The molecule has 0 saturated heterocycles. The van der Waals surface area contributed by atoms with Crippen LogP contribution in [0.15, 0.2) is 73.1 Å². The number of aromatic nitrogens is 3. The van der Waals surface area contributed by atoms with Crippen LogP contribution in [0.2, 0.25) is 0 Å². The van der Waals surface area contributed by atoms with Gasteiger partial charge in [0.2, 0.25) is 11.8 Å². The van der Waals surface area contributed by atoms with E-state index in [0.29, 0.717) is 64.4 Å². The van der Waals surface area contributed by atoms with Gasteiger partial charge in [-0.3, -0.25) is 9.78 Å². The fourth-order valence-electron chi connectivity index (χ4n) is 4.50. The normalized spacial score (nSPS) is 11.7. The Morgan fingerprint density at radius 3 is 2.30 bits per heavy atom. The number of hydrogen-bond donors (Lipinski definition) is 1. The number of fused-ring (bicyclic) bond motifs is 1. The first-order valence-corrected chi connectivity index (χ1v) is 15.3. The zero-order chi connectivity index (χ0) is 31.2. The van der Waals surface area contributed by atoms with E-state index in [-0.39, 0.29) is 5.91 Å². The van der Waals surface area contributed by atoms with Crippen LogP contribution in [-0.4, -0.2) is 72.6 Å². The van der Waals surface area contributed by atoms with Crippen molar-refractivity contribution in [2.75, 3.05) is 46.2 Å². The number of para-hydroxylation sites is 2. The first-order chi connectivity index (χ1) is 21.3.